The van der Waals surface area contributed by atoms with Crippen molar-refractivity contribution in [2.24, 2.45) is 5.92 Å². The number of anilines is 1. The van der Waals surface area contributed by atoms with Crippen LogP contribution in [0.1, 0.15) is 50.7 Å². The molecule has 2 aromatic carbocycles. The van der Waals surface area contributed by atoms with E-state index in [0.717, 1.165) is 38.6 Å². The minimum absolute atomic E-state index is 0.0964. The van der Waals surface area contributed by atoms with Crippen LogP contribution in [0.25, 0.3) is 11.1 Å². The molecule has 2 aliphatic carbocycles. The summed E-state index contributed by atoms with van der Waals surface area (Å²) in [6.07, 6.45) is 4.98. The number of fused-ring (bicyclic) bond motifs is 3. The van der Waals surface area contributed by atoms with Crippen LogP contribution in [0, 0.1) is 5.92 Å². The summed E-state index contributed by atoms with van der Waals surface area (Å²) >= 11 is 0. The van der Waals surface area contributed by atoms with Crippen molar-refractivity contribution in [3.05, 3.63) is 53.6 Å². The summed E-state index contributed by atoms with van der Waals surface area (Å²) in [6, 6.07) is 15.3. The molecule has 0 radical (unpaired) electrons. The molecule has 0 heterocycles. The molecule has 2 aromatic rings. The molecule has 0 unspecified atom stereocenters. The van der Waals surface area contributed by atoms with Gasteiger partial charge in [-0.1, -0.05) is 36.4 Å². The van der Waals surface area contributed by atoms with E-state index in [2.05, 4.69) is 52.5 Å². The first kappa shape index (κ1) is 19.5. The Morgan fingerprint density at radius 2 is 1.68 bits per heavy atom. The highest BCUT2D eigenvalue weighted by Gasteiger charge is 2.27. The molecule has 0 atom stereocenters. The van der Waals surface area contributed by atoms with E-state index in [9.17, 15) is 8.42 Å². The molecular formula is C23H30N2O2S. The van der Waals surface area contributed by atoms with Gasteiger partial charge in [0, 0.05) is 24.7 Å². The molecule has 150 valence electrons. The first-order valence-electron chi connectivity index (χ1n) is 10.4. The van der Waals surface area contributed by atoms with Crippen LogP contribution in [0.4, 0.5) is 5.69 Å². The number of sulfonamides is 1. The topological polar surface area (TPSA) is 58.2 Å². The molecule has 5 heteroatoms. The zero-order chi connectivity index (χ0) is 19.7. The minimum Gasteiger partial charge on any atom is -0.385 e. The van der Waals surface area contributed by atoms with Crippen molar-refractivity contribution in [2.45, 2.75) is 57.2 Å². The number of hydrogen-bond donors (Lipinski definition) is 2. The highest BCUT2D eigenvalue weighted by atomic mass is 32.2. The molecule has 0 bridgehead atoms. The Morgan fingerprint density at radius 3 is 2.43 bits per heavy atom. The van der Waals surface area contributed by atoms with Crippen LogP contribution in [0.3, 0.4) is 0 Å². The second-order valence-electron chi connectivity index (χ2n) is 8.48. The Bertz CT molecular complexity index is 945. The van der Waals surface area contributed by atoms with Crippen molar-refractivity contribution in [3.63, 3.8) is 0 Å². The van der Waals surface area contributed by atoms with E-state index in [1.165, 1.54) is 27.9 Å². The smallest absolute Gasteiger partial charge is 0.214 e. The fourth-order valence-electron chi connectivity index (χ4n) is 4.43. The van der Waals surface area contributed by atoms with Gasteiger partial charge in [-0.05, 0) is 73.8 Å². The first-order valence-corrected chi connectivity index (χ1v) is 11.9. The van der Waals surface area contributed by atoms with E-state index in [-0.39, 0.29) is 11.3 Å². The third kappa shape index (κ3) is 3.96. The van der Waals surface area contributed by atoms with Crippen molar-refractivity contribution in [3.8, 4) is 11.1 Å². The quantitative estimate of drug-likeness (QED) is 0.640. The molecular weight excluding hydrogens is 368 g/mol. The zero-order valence-corrected chi connectivity index (χ0v) is 17.6. The van der Waals surface area contributed by atoms with Gasteiger partial charge < -0.3 is 5.32 Å². The summed E-state index contributed by atoms with van der Waals surface area (Å²) < 4.78 is 27.0. The Hall–Kier alpha value is -1.85. The predicted octanol–water partition coefficient (Wildman–Crippen LogP) is 4.56. The fourth-order valence-corrected chi connectivity index (χ4v) is 5.40. The van der Waals surface area contributed by atoms with Gasteiger partial charge in [-0.3, -0.25) is 0 Å². The molecule has 1 fully saturated rings. The van der Waals surface area contributed by atoms with Crippen LogP contribution in [0.2, 0.25) is 0 Å². The van der Waals surface area contributed by atoms with Crippen LogP contribution >= 0.6 is 0 Å². The molecule has 4 rings (SSSR count). The van der Waals surface area contributed by atoms with E-state index in [1.807, 2.05) is 0 Å². The van der Waals surface area contributed by atoms with Crippen molar-refractivity contribution >= 4 is 15.7 Å². The number of rotatable bonds is 6. The lowest BCUT2D eigenvalue weighted by molar-refractivity contribution is 0.323. The summed E-state index contributed by atoms with van der Waals surface area (Å²) in [6.45, 7) is 4.42. The van der Waals surface area contributed by atoms with Gasteiger partial charge in [-0.2, -0.15) is 0 Å². The lowest BCUT2D eigenvalue weighted by Crippen LogP contribution is -2.41. The van der Waals surface area contributed by atoms with E-state index in [1.54, 1.807) is 13.8 Å². The van der Waals surface area contributed by atoms with E-state index in [4.69, 9.17) is 0 Å². The first-order chi connectivity index (χ1) is 13.4. The molecule has 1 saturated carbocycles. The third-order valence-corrected chi connectivity index (χ3v) is 8.13. The SMILES string of the molecule is CC(C)S(=O)(=O)N[C@H]1CC[C@H](CNc2cccc3c2Cc2ccccc2-3)CC1. The lowest BCUT2D eigenvalue weighted by atomic mass is 9.86. The maximum Gasteiger partial charge on any atom is 0.214 e. The van der Waals surface area contributed by atoms with Crippen molar-refractivity contribution in [1.82, 2.24) is 4.72 Å². The maximum atomic E-state index is 12.1. The predicted molar refractivity (Wildman–Crippen MR) is 116 cm³/mol. The third-order valence-electron chi connectivity index (χ3n) is 6.23. The van der Waals surface area contributed by atoms with Gasteiger partial charge >= 0.3 is 0 Å². The normalized spacial score (nSPS) is 21.4. The zero-order valence-electron chi connectivity index (χ0n) is 16.7. The molecule has 28 heavy (non-hydrogen) atoms. The highest BCUT2D eigenvalue weighted by molar-refractivity contribution is 7.90. The fraction of sp³-hybridized carbons (Fsp3) is 0.478. The van der Waals surface area contributed by atoms with Gasteiger partial charge in [0.15, 0.2) is 0 Å². The molecule has 0 aromatic heterocycles. The molecule has 0 aliphatic heterocycles. The van der Waals surface area contributed by atoms with Gasteiger partial charge in [-0.25, -0.2) is 13.1 Å². The average molecular weight is 399 g/mol. The molecule has 0 saturated heterocycles. The summed E-state index contributed by atoms with van der Waals surface area (Å²) in [5, 5.41) is 3.33. The van der Waals surface area contributed by atoms with E-state index < -0.39 is 10.0 Å². The Kier molecular flexibility index (Phi) is 5.48. The van der Waals surface area contributed by atoms with E-state index >= 15 is 0 Å². The van der Waals surface area contributed by atoms with Gasteiger partial charge in [0.1, 0.15) is 0 Å². The van der Waals surface area contributed by atoms with Crippen molar-refractivity contribution < 1.29 is 8.42 Å². The highest BCUT2D eigenvalue weighted by Crippen LogP contribution is 2.40. The van der Waals surface area contributed by atoms with Crippen molar-refractivity contribution in [1.29, 1.82) is 0 Å². The van der Waals surface area contributed by atoms with Gasteiger partial charge in [-0.15, -0.1) is 0 Å². The lowest BCUT2D eigenvalue weighted by Gasteiger charge is -2.30. The molecule has 0 spiro atoms. The number of hydrogen-bond acceptors (Lipinski definition) is 3. The van der Waals surface area contributed by atoms with Crippen LogP contribution in [0.15, 0.2) is 42.5 Å². The largest absolute Gasteiger partial charge is 0.385 e. The van der Waals surface area contributed by atoms with Crippen LogP contribution < -0.4 is 10.0 Å². The number of nitrogens with one attached hydrogen (secondary N) is 2. The summed E-state index contributed by atoms with van der Waals surface area (Å²) in [7, 11) is -3.17. The molecule has 2 N–H and O–H groups in total. The monoisotopic (exact) mass is 398 g/mol. The summed E-state index contributed by atoms with van der Waals surface area (Å²) in [5.41, 5.74) is 6.77. The average Bonchev–Trinajstić information content (AvgIpc) is 3.06. The molecule has 4 nitrogen and oxygen atoms in total. The minimum atomic E-state index is -3.17. The summed E-state index contributed by atoms with van der Waals surface area (Å²) in [4.78, 5) is 0. The van der Waals surface area contributed by atoms with Gasteiger partial charge in [0.05, 0.1) is 5.25 Å². The molecule has 0 amide bonds. The Labute approximate surface area is 168 Å². The molecule has 2 aliphatic rings. The van der Waals surface area contributed by atoms with Crippen LogP contribution in [-0.2, 0) is 16.4 Å². The Balaban J connectivity index is 1.34. The van der Waals surface area contributed by atoms with Gasteiger partial charge in [0.2, 0.25) is 10.0 Å². The van der Waals surface area contributed by atoms with Crippen molar-refractivity contribution in [2.75, 3.05) is 11.9 Å². The maximum absolute atomic E-state index is 12.1. The second-order valence-corrected chi connectivity index (χ2v) is 10.7. The summed E-state index contributed by atoms with van der Waals surface area (Å²) in [5.74, 6) is 0.597. The standard InChI is InChI=1S/C23H30N2O2S/c1-16(2)28(26,27)25-19-12-10-17(11-13-19)15-24-23-9-5-8-21-20-7-4-3-6-18(20)14-22(21)23/h3-9,16-17,19,24-25H,10-15H2,1-2H3/t17-,19-. The van der Waals surface area contributed by atoms with Gasteiger partial charge in [0.25, 0.3) is 0 Å². The Morgan fingerprint density at radius 1 is 0.964 bits per heavy atom. The number of benzene rings is 2. The van der Waals surface area contributed by atoms with E-state index in [0.29, 0.717) is 5.92 Å². The van der Waals surface area contributed by atoms with Crippen LogP contribution in [-0.4, -0.2) is 26.3 Å². The second kappa shape index (κ2) is 7.88. The van der Waals surface area contributed by atoms with Crippen LogP contribution in [0.5, 0.6) is 0 Å².